The van der Waals surface area contributed by atoms with Gasteiger partial charge < -0.3 is 15.2 Å². The standard InChI is InChI=1S/C13H12N4O2/c1-7-4-12(19-17-7)16-13(18)10-6-15-11-5-8(14)2-3-9(10)11/h2-6,15H,14H2,1H3,(H,16,18). The minimum absolute atomic E-state index is 0.257. The highest BCUT2D eigenvalue weighted by molar-refractivity contribution is 6.12. The van der Waals surface area contributed by atoms with Gasteiger partial charge in [0.15, 0.2) is 0 Å². The van der Waals surface area contributed by atoms with Crippen LogP contribution in [0.2, 0.25) is 0 Å². The lowest BCUT2D eigenvalue weighted by atomic mass is 10.1. The molecule has 19 heavy (non-hydrogen) atoms. The summed E-state index contributed by atoms with van der Waals surface area (Å²) in [6, 6.07) is 7.00. The fraction of sp³-hybridized carbons (Fsp3) is 0.0769. The van der Waals surface area contributed by atoms with Crippen molar-refractivity contribution >= 4 is 28.4 Å². The normalized spacial score (nSPS) is 10.8. The summed E-state index contributed by atoms with van der Waals surface area (Å²) >= 11 is 0. The van der Waals surface area contributed by atoms with E-state index in [1.165, 1.54) is 0 Å². The number of aryl methyl sites for hydroxylation is 1. The molecule has 0 radical (unpaired) electrons. The second-order valence-electron chi connectivity index (χ2n) is 4.29. The zero-order chi connectivity index (χ0) is 13.4. The van der Waals surface area contributed by atoms with Gasteiger partial charge in [0.25, 0.3) is 5.91 Å². The molecule has 1 aromatic carbocycles. The molecule has 3 rings (SSSR count). The largest absolute Gasteiger partial charge is 0.399 e. The number of aromatic nitrogens is 2. The maximum atomic E-state index is 12.1. The molecule has 3 aromatic rings. The van der Waals surface area contributed by atoms with Crippen LogP contribution in [0.25, 0.3) is 10.9 Å². The van der Waals surface area contributed by atoms with Crippen LogP contribution in [0.3, 0.4) is 0 Å². The van der Waals surface area contributed by atoms with Crippen molar-refractivity contribution in [2.75, 3.05) is 11.1 Å². The van der Waals surface area contributed by atoms with E-state index < -0.39 is 0 Å². The molecular formula is C13H12N4O2. The van der Waals surface area contributed by atoms with Gasteiger partial charge in [-0.2, -0.15) is 0 Å². The first-order chi connectivity index (χ1) is 9.13. The van der Waals surface area contributed by atoms with E-state index in [9.17, 15) is 4.79 Å². The van der Waals surface area contributed by atoms with E-state index >= 15 is 0 Å². The summed E-state index contributed by atoms with van der Waals surface area (Å²) in [4.78, 5) is 15.1. The van der Waals surface area contributed by atoms with Crippen LogP contribution in [0.1, 0.15) is 16.1 Å². The Balaban J connectivity index is 1.93. The average Bonchev–Trinajstić information content (AvgIpc) is 2.95. The Bertz CT molecular complexity index is 757. The third-order valence-electron chi connectivity index (χ3n) is 2.82. The van der Waals surface area contributed by atoms with Gasteiger partial charge in [0.1, 0.15) is 0 Å². The molecule has 6 heteroatoms. The van der Waals surface area contributed by atoms with Gasteiger partial charge in [-0.3, -0.25) is 10.1 Å². The van der Waals surface area contributed by atoms with Crippen molar-refractivity contribution in [2.45, 2.75) is 6.92 Å². The molecule has 1 amide bonds. The van der Waals surface area contributed by atoms with E-state index in [4.69, 9.17) is 10.3 Å². The lowest BCUT2D eigenvalue weighted by Gasteiger charge is -1.99. The van der Waals surface area contributed by atoms with E-state index in [1.54, 1.807) is 31.3 Å². The Morgan fingerprint density at radius 2 is 2.26 bits per heavy atom. The Kier molecular flexibility index (Phi) is 2.49. The van der Waals surface area contributed by atoms with Crippen molar-refractivity contribution in [1.29, 1.82) is 0 Å². The van der Waals surface area contributed by atoms with Crippen LogP contribution in [-0.4, -0.2) is 16.0 Å². The Hall–Kier alpha value is -2.76. The highest BCUT2D eigenvalue weighted by Crippen LogP contribution is 2.21. The molecule has 6 nitrogen and oxygen atoms in total. The summed E-state index contributed by atoms with van der Waals surface area (Å²) in [5, 5.41) is 7.17. The zero-order valence-corrected chi connectivity index (χ0v) is 10.2. The Labute approximate surface area is 108 Å². The van der Waals surface area contributed by atoms with Gasteiger partial charge in [0.05, 0.1) is 11.3 Å². The van der Waals surface area contributed by atoms with Gasteiger partial charge in [0.2, 0.25) is 5.88 Å². The van der Waals surface area contributed by atoms with Gasteiger partial charge in [-0.05, 0) is 25.1 Å². The molecule has 0 fully saturated rings. The first-order valence-corrected chi connectivity index (χ1v) is 5.75. The molecule has 0 spiro atoms. The summed E-state index contributed by atoms with van der Waals surface area (Å²) in [7, 11) is 0. The lowest BCUT2D eigenvalue weighted by molar-refractivity contribution is 0.102. The number of hydrogen-bond donors (Lipinski definition) is 3. The zero-order valence-electron chi connectivity index (χ0n) is 10.2. The number of nitrogens with zero attached hydrogens (tertiary/aromatic N) is 1. The van der Waals surface area contributed by atoms with Gasteiger partial charge in [-0.1, -0.05) is 5.16 Å². The van der Waals surface area contributed by atoms with Crippen LogP contribution in [0.15, 0.2) is 35.0 Å². The second kappa shape index (κ2) is 4.16. The average molecular weight is 256 g/mol. The van der Waals surface area contributed by atoms with E-state index in [2.05, 4.69) is 15.5 Å². The molecule has 2 aromatic heterocycles. The highest BCUT2D eigenvalue weighted by Gasteiger charge is 2.14. The molecule has 0 aliphatic heterocycles. The van der Waals surface area contributed by atoms with Crippen LogP contribution in [-0.2, 0) is 0 Å². The summed E-state index contributed by atoms with van der Waals surface area (Å²) in [6.07, 6.45) is 1.64. The van der Waals surface area contributed by atoms with Crippen LogP contribution < -0.4 is 11.1 Å². The molecule has 96 valence electrons. The fourth-order valence-corrected chi connectivity index (χ4v) is 1.93. The number of nitrogens with two attached hydrogens (primary N) is 1. The number of anilines is 2. The maximum Gasteiger partial charge on any atom is 0.260 e. The minimum atomic E-state index is -0.257. The molecule has 0 saturated carbocycles. The highest BCUT2D eigenvalue weighted by atomic mass is 16.5. The third kappa shape index (κ3) is 2.03. The van der Waals surface area contributed by atoms with Crippen molar-refractivity contribution in [3.63, 3.8) is 0 Å². The van der Waals surface area contributed by atoms with Crippen LogP contribution in [0, 0.1) is 6.92 Å². The monoisotopic (exact) mass is 256 g/mol. The van der Waals surface area contributed by atoms with Crippen LogP contribution in [0.4, 0.5) is 11.6 Å². The van der Waals surface area contributed by atoms with Gasteiger partial charge >= 0.3 is 0 Å². The van der Waals surface area contributed by atoms with E-state index in [-0.39, 0.29) is 5.91 Å². The quantitative estimate of drug-likeness (QED) is 0.613. The maximum absolute atomic E-state index is 12.1. The molecule has 0 aliphatic carbocycles. The summed E-state index contributed by atoms with van der Waals surface area (Å²) in [6.45, 7) is 1.79. The lowest BCUT2D eigenvalue weighted by Crippen LogP contribution is -2.10. The molecule has 4 N–H and O–H groups in total. The Morgan fingerprint density at radius 1 is 1.42 bits per heavy atom. The predicted molar refractivity (Wildman–Crippen MR) is 71.9 cm³/mol. The van der Waals surface area contributed by atoms with E-state index in [1.807, 2.05) is 6.07 Å². The fourth-order valence-electron chi connectivity index (χ4n) is 1.93. The number of rotatable bonds is 2. The first-order valence-electron chi connectivity index (χ1n) is 5.75. The number of aromatic amines is 1. The second-order valence-corrected chi connectivity index (χ2v) is 4.29. The van der Waals surface area contributed by atoms with Gasteiger partial charge in [0, 0.05) is 28.9 Å². The van der Waals surface area contributed by atoms with Crippen LogP contribution in [0.5, 0.6) is 0 Å². The number of nitrogen functional groups attached to an aromatic ring is 1. The van der Waals surface area contributed by atoms with Crippen molar-refractivity contribution in [3.05, 3.63) is 41.7 Å². The third-order valence-corrected chi connectivity index (χ3v) is 2.82. The topological polar surface area (TPSA) is 96.9 Å². The number of benzene rings is 1. The van der Waals surface area contributed by atoms with E-state index in [0.717, 1.165) is 10.9 Å². The molecule has 0 saturated heterocycles. The van der Waals surface area contributed by atoms with Crippen molar-refractivity contribution in [2.24, 2.45) is 0 Å². The molecule has 0 atom stereocenters. The van der Waals surface area contributed by atoms with Crippen molar-refractivity contribution < 1.29 is 9.32 Å². The van der Waals surface area contributed by atoms with Gasteiger partial charge in [-0.15, -0.1) is 0 Å². The van der Waals surface area contributed by atoms with Crippen molar-refractivity contribution in [3.8, 4) is 0 Å². The van der Waals surface area contributed by atoms with Crippen molar-refractivity contribution in [1.82, 2.24) is 10.1 Å². The smallest absolute Gasteiger partial charge is 0.260 e. The Morgan fingerprint density at radius 3 is 3.00 bits per heavy atom. The number of amides is 1. The minimum Gasteiger partial charge on any atom is -0.399 e. The summed E-state index contributed by atoms with van der Waals surface area (Å²) < 4.78 is 4.95. The van der Waals surface area contributed by atoms with E-state index in [0.29, 0.717) is 22.8 Å². The molecule has 0 aliphatic rings. The SMILES string of the molecule is Cc1cc(NC(=O)c2c[nH]c3cc(N)ccc23)on1. The van der Waals surface area contributed by atoms with Gasteiger partial charge in [-0.25, -0.2) is 0 Å². The number of carbonyl (C=O) groups excluding carboxylic acids is 1. The number of fused-ring (bicyclic) bond motifs is 1. The molecular weight excluding hydrogens is 244 g/mol. The van der Waals surface area contributed by atoms with Crippen LogP contribution >= 0.6 is 0 Å². The first kappa shape index (κ1) is 11.3. The molecule has 2 heterocycles. The number of carbonyl (C=O) groups is 1. The number of hydrogen-bond acceptors (Lipinski definition) is 4. The molecule has 0 unspecified atom stereocenters. The molecule has 0 bridgehead atoms. The predicted octanol–water partition coefficient (Wildman–Crippen LogP) is 2.30. The summed E-state index contributed by atoms with van der Waals surface area (Å²) in [5.41, 5.74) is 8.40. The number of H-pyrrole nitrogens is 1. The number of nitrogens with one attached hydrogen (secondary N) is 2. The summed E-state index contributed by atoms with van der Waals surface area (Å²) in [5.74, 6) is 0.0690.